The van der Waals surface area contributed by atoms with Gasteiger partial charge in [-0.15, -0.1) is 29.7 Å². The third kappa shape index (κ3) is 3.65. The van der Waals surface area contributed by atoms with Gasteiger partial charge in [0.05, 0.1) is 11.3 Å². The van der Waals surface area contributed by atoms with Crippen molar-refractivity contribution in [3.05, 3.63) is 28.7 Å². The van der Waals surface area contributed by atoms with Crippen molar-refractivity contribution in [1.82, 2.24) is 0 Å². The molecule has 2 rings (SSSR count). The summed E-state index contributed by atoms with van der Waals surface area (Å²) in [5, 5.41) is 13.0. The number of carbonyl (C=O) groups excluding carboxylic acids is 1. The number of anilines is 1. The summed E-state index contributed by atoms with van der Waals surface area (Å²) in [7, 11) is 0. The first kappa shape index (κ1) is 15.1. The second-order valence-corrected chi connectivity index (χ2v) is 6.87. The van der Waals surface area contributed by atoms with E-state index in [0.717, 1.165) is 30.0 Å². The van der Waals surface area contributed by atoms with Crippen LogP contribution in [-0.2, 0) is 17.6 Å². The van der Waals surface area contributed by atoms with E-state index in [-0.39, 0.29) is 5.91 Å². The number of aryl methyl sites for hydroxylation is 1. The number of hydrogen-bond acceptors (Lipinski definition) is 4. The first-order valence-corrected chi connectivity index (χ1v) is 8.76. The molecule has 0 fully saturated rings. The summed E-state index contributed by atoms with van der Waals surface area (Å²) >= 11 is 3.11. The van der Waals surface area contributed by atoms with Gasteiger partial charge in [0.15, 0.2) is 0 Å². The molecular weight excluding hydrogens is 288 g/mol. The lowest BCUT2D eigenvalue weighted by Crippen LogP contribution is -2.14. The van der Waals surface area contributed by atoms with E-state index < -0.39 is 0 Å². The largest absolute Gasteiger partial charge is 0.316 e. The summed E-state index contributed by atoms with van der Waals surface area (Å²) in [6.45, 7) is 3.63. The molecule has 1 aromatic rings. The molecule has 3 nitrogen and oxygen atoms in total. The van der Waals surface area contributed by atoms with Crippen LogP contribution < -0.4 is 5.32 Å². The van der Waals surface area contributed by atoms with Crippen molar-refractivity contribution in [1.29, 1.82) is 5.26 Å². The maximum atomic E-state index is 11.9. The number of amides is 1. The fraction of sp³-hybridized carbons (Fsp3) is 0.467. The Morgan fingerprint density at radius 1 is 1.45 bits per heavy atom. The van der Waals surface area contributed by atoms with Gasteiger partial charge in [-0.25, -0.2) is 0 Å². The number of hydrogen-bond donors (Lipinski definition) is 1. The quantitative estimate of drug-likeness (QED) is 0.512. The van der Waals surface area contributed by atoms with Crippen LogP contribution in [0.5, 0.6) is 0 Å². The van der Waals surface area contributed by atoms with Gasteiger partial charge < -0.3 is 5.32 Å². The van der Waals surface area contributed by atoms with Gasteiger partial charge in [-0.2, -0.15) is 5.26 Å². The van der Waals surface area contributed by atoms with Crippen LogP contribution in [0.4, 0.5) is 5.00 Å². The van der Waals surface area contributed by atoms with Crippen LogP contribution in [-0.4, -0.2) is 17.4 Å². The van der Waals surface area contributed by atoms with Crippen molar-refractivity contribution in [3.8, 4) is 6.07 Å². The smallest absolute Gasteiger partial charge is 0.235 e. The van der Waals surface area contributed by atoms with Crippen LogP contribution in [0.15, 0.2) is 12.7 Å². The molecule has 1 heterocycles. The van der Waals surface area contributed by atoms with Gasteiger partial charge in [0, 0.05) is 10.6 Å². The normalized spacial score (nSPS) is 13.9. The van der Waals surface area contributed by atoms with Crippen molar-refractivity contribution in [2.24, 2.45) is 0 Å². The van der Waals surface area contributed by atoms with Gasteiger partial charge in [-0.1, -0.05) is 12.5 Å². The molecule has 0 saturated carbocycles. The zero-order valence-electron chi connectivity index (χ0n) is 11.4. The van der Waals surface area contributed by atoms with Crippen molar-refractivity contribution >= 4 is 34.0 Å². The van der Waals surface area contributed by atoms with E-state index in [0.29, 0.717) is 11.3 Å². The number of rotatable bonds is 5. The highest BCUT2D eigenvalue weighted by Gasteiger charge is 2.20. The Morgan fingerprint density at radius 2 is 2.25 bits per heavy atom. The Kier molecular flexibility index (Phi) is 5.69. The van der Waals surface area contributed by atoms with E-state index >= 15 is 0 Å². The summed E-state index contributed by atoms with van der Waals surface area (Å²) < 4.78 is 0. The van der Waals surface area contributed by atoms with Crippen LogP contribution in [0, 0.1) is 11.3 Å². The standard InChI is InChI=1S/C15H18N2OS2/c1-2-8-19-10-14(18)17-15-12(9-16)11-6-4-3-5-7-13(11)20-15/h2H,1,3-8,10H2,(H,17,18). The zero-order chi connectivity index (χ0) is 14.4. The molecule has 0 unspecified atom stereocenters. The van der Waals surface area contributed by atoms with Crippen molar-refractivity contribution < 1.29 is 4.79 Å². The maximum Gasteiger partial charge on any atom is 0.235 e. The minimum absolute atomic E-state index is 0.0373. The minimum Gasteiger partial charge on any atom is -0.316 e. The van der Waals surface area contributed by atoms with Crippen molar-refractivity contribution in [2.75, 3.05) is 16.8 Å². The number of nitriles is 1. The minimum atomic E-state index is -0.0373. The Bertz CT molecular complexity index is 543. The molecule has 1 N–H and O–H groups in total. The summed E-state index contributed by atoms with van der Waals surface area (Å²) in [4.78, 5) is 13.2. The van der Waals surface area contributed by atoms with Gasteiger partial charge in [-0.05, 0) is 31.2 Å². The summed E-state index contributed by atoms with van der Waals surface area (Å²) in [6, 6.07) is 2.28. The first-order chi connectivity index (χ1) is 9.76. The number of thioether (sulfide) groups is 1. The molecule has 1 aliphatic carbocycles. The molecule has 1 aromatic heterocycles. The second kappa shape index (κ2) is 7.51. The fourth-order valence-electron chi connectivity index (χ4n) is 2.35. The Balaban J connectivity index is 2.10. The molecule has 0 aliphatic heterocycles. The lowest BCUT2D eigenvalue weighted by molar-refractivity contribution is -0.113. The van der Waals surface area contributed by atoms with Crippen LogP contribution in [0.25, 0.3) is 0 Å². The molecule has 0 atom stereocenters. The number of thiophene rings is 1. The highest BCUT2D eigenvalue weighted by molar-refractivity contribution is 8.00. The molecule has 5 heteroatoms. The predicted molar refractivity (Wildman–Crippen MR) is 86.4 cm³/mol. The fourth-order valence-corrected chi connectivity index (χ4v) is 4.14. The average Bonchev–Trinajstić information content (AvgIpc) is 2.60. The van der Waals surface area contributed by atoms with E-state index in [1.807, 2.05) is 0 Å². The SMILES string of the molecule is C=CCSCC(=O)Nc1sc2c(c1C#N)CCCCC2. The third-order valence-electron chi connectivity index (χ3n) is 3.25. The van der Waals surface area contributed by atoms with E-state index in [4.69, 9.17) is 0 Å². The Morgan fingerprint density at radius 3 is 3.00 bits per heavy atom. The third-order valence-corrected chi connectivity index (χ3v) is 5.40. The molecule has 0 radical (unpaired) electrons. The molecular formula is C15H18N2OS2. The van der Waals surface area contributed by atoms with E-state index in [2.05, 4.69) is 18.0 Å². The zero-order valence-corrected chi connectivity index (χ0v) is 13.0. The molecule has 106 valence electrons. The molecule has 1 aliphatic rings. The summed E-state index contributed by atoms with van der Waals surface area (Å²) in [5.74, 6) is 1.13. The predicted octanol–water partition coefficient (Wildman–Crippen LogP) is 3.75. The van der Waals surface area contributed by atoms with E-state index in [9.17, 15) is 10.1 Å². The number of carbonyl (C=O) groups is 1. The first-order valence-electron chi connectivity index (χ1n) is 6.79. The average molecular weight is 306 g/mol. The number of nitrogens with zero attached hydrogens (tertiary/aromatic N) is 1. The lowest BCUT2D eigenvalue weighted by Gasteiger charge is -2.03. The Hall–Kier alpha value is -1.25. The van der Waals surface area contributed by atoms with Gasteiger partial charge in [0.1, 0.15) is 11.1 Å². The Labute approximate surface area is 128 Å². The van der Waals surface area contributed by atoms with Crippen molar-refractivity contribution in [3.63, 3.8) is 0 Å². The van der Waals surface area contributed by atoms with Crippen LogP contribution >= 0.6 is 23.1 Å². The molecule has 20 heavy (non-hydrogen) atoms. The lowest BCUT2D eigenvalue weighted by atomic mass is 10.1. The van der Waals surface area contributed by atoms with Gasteiger partial charge in [-0.3, -0.25) is 4.79 Å². The highest BCUT2D eigenvalue weighted by atomic mass is 32.2. The summed E-state index contributed by atoms with van der Waals surface area (Å²) in [6.07, 6.45) is 7.34. The van der Waals surface area contributed by atoms with Gasteiger partial charge in [0.2, 0.25) is 5.91 Å². The van der Waals surface area contributed by atoms with E-state index in [1.165, 1.54) is 35.0 Å². The molecule has 0 spiro atoms. The van der Waals surface area contributed by atoms with Crippen LogP contribution in [0.3, 0.4) is 0 Å². The number of fused-ring (bicyclic) bond motifs is 1. The van der Waals surface area contributed by atoms with Gasteiger partial charge in [0.25, 0.3) is 0 Å². The molecule has 0 saturated heterocycles. The monoisotopic (exact) mass is 306 g/mol. The van der Waals surface area contributed by atoms with Crippen LogP contribution in [0.2, 0.25) is 0 Å². The van der Waals surface area contributed by atoms with E-state index in [1.54, 1.807) is 17.4 Å². The summed E-state index contributed by atoms with van der Waals surface area (Å²) in [5.41, 5.74) is 1.86. The topological polar surface area (TPSA) is 52.9 Å². The van der Waals surface area contributed by atoms with Crippen LogP contribution in [0.1, 0.15) is 35.3 Å². The molecule has 1 amide bonds. The van der Waals surface area contributed by atoms with Crippen molar-refractivity contribution in [2.45, 2.75) is 32.1 Å². The molecule has 0 aromatic carbocycles. The highest BCUT2D eigenvalue weighted by Crippen LogP contribution is 2.36. The second-order valence-electron chi connectivity index (χ2n) is 4.73. The van der Waals surface area contributed by atoms with Gasteiger partial charge >= 0.3 is 0 Å². The number of nitrogens with one attached hydrogen (secondary N) is 1. The maximum absolute atomic E-state index is 11.9. The molecule has 0 bridgehead atoms.